The standard InChI is InChI=1S/C22H24N4O5S/c1-14(2)23-20(27)16-7-8-18-19(12-16)24-22(25(21(18)28)9-10-31-3)32-13-15-5-4-6-17(11-15)26(29)30/h4-8,11-12,14H,9-10,13H2,1-3H3,(H,23,27). The van der Waals surface area contributed by atoms with Crippen LogP contribution in [0, 0.1) is 10.1 Å². The number of ether oxygens (including phenoxy) is 1. The quantitative estimate of drug-likeness (QED) is 0.227. The monoisotopic (exact) mass is 456 g/mol. The van der Waals surface area contributed by atoms with Gasteiger partial charge in [0, 0.05) is 36.6 Å². The third-order valence-corrected chi connectivity index (χ3v) is 5.66. The summed E-state index contributed by atoms with van der Waals surface area (Å²) >= 11 is 1.30. The number of amides is 1. The first-order valence-corrected chi connectivity index (χ1v) is 11.0. The minimum atomic E-state index is -0.444. The van der Waals surface area contributed by atoms with E-state index in [0.29, 0.717) is 40.5 Å². The largest absolute Gasteiger partial charge is 0.383 e. The minimum Gasteiger partial charge on any atom is -0.383 e. The normalized spacial score (nSPS) is 11.1. The first kappa shape index (κ1) is 23.4. The number of nitro benzene ring substituents is 1. The summed E-state index contributed by atoms with van der Waals surface area (Å²) < 4.78 is 6.67. The molecule has 0 saturated heterocycles. The molecule has 9 nitrogen and oxygen atoms in total. The highest BCUT2D eigenvalue weighted by atomic mass is 32.2. The van der Waals surface area contributed by atoms with Crippen LogP contribution in [0.1, 0.15) is 29.8 Å². The van der Waals surface area contributed by atoms with E-state index in [1.165, 1.54) is 28.5 Å². The van der Waals surface area contributed by atoms with E-state index >= 15 is 0 Å². The Labute approximate surface area is 189 Å². The van der Waals surface area contributed by atoms with Gasteiger partial charge >= 0.3 is 0 Å². The van der Waals surface area contributed by atoms with Crippen LogP contribution in [0.3, 0.4) is 0 Å². The number of nitrogens with zero attached hydrogens (tertiary/aromatic N) is 3. The fourth-order valence-corrected chi connectivity index (χ4v) is 4.05. The van der Waals surface area contributed by atoms with Crippen LogP contribution in [0.15, 0.2) is 52.4 Å². The molecule has 0 saturated carbocycles. The molecule has 168 valence electrons. The van der Waals surface area contributed by atoms with Gasteiger partial charge in [-0.3, -0.25) is 24.3 Å². The zero-order chi connectivity index (χ0) is 23.3. The summed E-state index contributed by atoms with van der Waals surface area (Å²) in [6, 6.07) is 11.1. The molecule has 0 aliphatic heterocycles. The molecule has 0 aliphatic rings. The fourth-order valence-electron chi connectivity index (χ4n) is 3.09. The Morgan fingerprint density at radius 2 is 2.06 bits per heavy atom. The highest BCUT2D eigenvalue weighted by molar-refractivity contribution is 7.98. The molecular formula is C22H24N4O5S. The third kappa shape index (κ3) is 5.51. The predicted molar refractivity (Wildman–Crippen MR) is 123 cm³/mol. The highest BCUT2D eigenvalue weighted by Crippen LogP contribution is 2.24. The zero-order valence-electron chi connectivity index (χ0n) is 18.0. The van der Waals surface area contributed by atoms with E-state index in [4.69, 9.17) is 4.74 Å². The van der Waals surface area contributed by atoms with Crippen LogP contribution in [0.5, 0.6) is 0 Å². The van der Waals surface area contributed by atoms with Crippen LogP contribution < -0.4 is 10.9 Å². The van der Waals surface area contributed by atoms with Crippen molar-refractivity contribution in [2.45, 2.75) is 37.3 Å². The lowest BCUT2D eigenvalue weighted by atomic mass is 10.1. The van der Waals surface area contributed by atoms with Gasteiger partial charge in [0.2, 0.25) is 0 Å². The molecule has 1 heterocycles. The van der Waals surface area contributed by atoms with Crippen molar-refractivity contribution in [1.82, 2.24) is 14.9 Å². The molecule has 0 bridgehead atoms. The molecular weight excluding hydrogens is 432 g/mol. The molecule has 10 heteroatoms. The summed E-state index contributed by atoms with van der Waals surface area (Å²) in [5, 5.41) is 14.7. The van der Waals surface area contributed by atoms with Crippen LogP contribution in [-0.2, 0) is 17.0 Å². The van der Waals surface area contributed by atoms with Gasteiger partial charge in [0.05, 0.1) is 29.0 Å². The van der Waals surface area contributed by atoms with Gasteiger partial charge in [0.1, 0.15) is 0 Å². The number of thioether (sulfide) groups is 1. The minimum absolute atomic E-state index is 0.00662. The van der Waals surface area contributed by atoms with Gasteiger partial charge in [-0.25, -0.2) is 4.98 Å². The number of benzene rings is 2. The first-order chi connectivity index (χ1) is 15.3. The topological polar surface area (TPSA) is 116 Å². The lowest BCUT2D eigenvalue weighted by molar-refractivity contribution is -0.384. The number of non-ortho nitro benzene ring substituents is 1. The Kier molecular flexibility index (Phi) is 7.60. The summed E-state index contributed by atoms with van der Waals surface area (Å²) in [4.78, 5) is 40.7. The van der Waals surface area contributed by atoms with Crippen molar-refractivity contribution in [1.29, 1.82) is 0 Å². The van der Waals surface area contributed by atoms with E-state index in [2.05, 4.69) is 10.3 Å². The lowest BCUT2D eigenvalue weighted by Crippen LogP contribution is -2.30. The number of nitrogens with one attached hydrogen (secondary N) is 1. The number of nitro groups is 1. The van der Waals surface area contributed by atoms with Crippen LogP contribution >= 0.6 is 11.8 Å². The maximum absolute atomic E-state index is 13.1. The number of aromatic nitrogens is 2. The van der Waals surface area contributed by atoms with Crippen LogP contribution in [-0.4, -0.2) is 40.1 Å². The second-order valence-corrected chi connectivity index (χ2v) is 8.36. The molecule has 0 unspecified atom stereocenters. The van der Waals surface area contributed by atoms with E-state index < -0.39 is 4.92 Å². The Hall–Kier alpha value is -3.24. The van der Waals surface area contributed by atoms with Crippen molar-refractivity contribution < 1.29 is 14.5 Å². The van der Waals surface area contributed by atoms with Gasteiger partial charge in [-0.15, -0.1) is 0 Å². The Morgan fingerprint density at radius 3 is 2.75 bits per heavy atom. The van der Waals surface area contributed by atoms with E-state index in [-0.39, 0.29) is 23.2 Å². The van der Waals surface area contributed by atoms with Crippen molar-refractivity contribution in [2.24, 2.45) is 0 Å². The first-order valence-electron chi connectivity index (χ1n) is 10.0. The molecule has 3 aromatic rings. The summed E-state index contributed by atoms with van der Waals surface area (Å²) in [6.45, 7) is 4.38. The molecule has 0 radical (unpaired) electrons. The molecule has 2 aromatic carbocycles. The van der Waals surface area contributed by atoms with Crippen LogP contribution in [0.4, 0.5) is 5.69 Å². The van der Waals surface area contributed by atoms with Crippen molar-refractivity contribution >= 4 is 34.3 Å². The molecule has 0 spiro atoms. The average molecular weight is 457 g/mol. The molecule has 0 aliphatic carbocycles. The molecule has 32 heavy (non-hydrogen) atoms. The van der Waals surface area contributed by atoms with Gasteiger partial charge in [-0.05, 0) is 37.6 Å². The molecule has 1 aromatic heterocycles. The summed E-state index contributed by atoms with van der Waals surface area (Å²) in [7, 11) is 1.55. The number of methoxy groups -OCH3 is 1. The number of fused-ring (bicyclic) bond motifs is 1. The predicted octanol–water partition coefficient (Wildman–Crippen LogP) is 3.38. The van der Waals surface area contributed by atoms with Gasteiger partial charge in [0.25, 0.3) is 17.2 Å². The van der Waals surface area contributed by atoms with Gasteiger partial charge in [-0.1, -0.05) is 23.9 Å². The maximum atomic E-state index is 13.1. The summed E-state index contributed by atoms with van der Waals surface area (Å²) in [5.41, 5.74) is 1.35. The molecule has 1 N–H and O–H groups in total. The second-order valence-electron chi connectivity index (χ2n) is 7.42. The van der Waals surface area contributed by atoms with Gasteiger partial charge < -0.3 is 10.1 Å². The Morgan fingerprint density at radius 1 is 1.28 bits per heavy atom. The number of carbonyl (C=O) groups excluding carboxylic acids is 1. The Balaban J connectivity index is 1.99. The summed E-state index contributed by atoms with van der Waals surface area (Å²) in [6.07, 6.45) is 0. The van der Waals surface area contributed by atoms with E-state index in [1.807, 2.05) is 13.8 Å². The van der Waals surface area contributed by atoms with Crippen molar-refractivity contribution in [3.8, 4) is 0 Å². The smallest absolute Gasteiger partial charge is 0.269 e. The number of rotatable bonds is 9. The van der Waals surface area contributed by atoms with E-state index in [9.17, 15) is 19.7 Å². The SMILES string of the molecule is COCCn1c(SCc2cccc([N+](=O)[O-])c2)nc2cc(C(=O)NC(C)C)ccc2c1=O. The molecule has 3 rings (SSSR count). The van der Waals surface area contributed by atoms with Crippen molar-refractivity contribution in [3.63, 3.8) is 0 Å². The maximum Gasteiger partial charge on any atom is 0.269 e. The van der Waals surface area contributed by atoms with Gasteiger partial charge in [-0.2, -0.15) is 0 Å². The highest BCUT2D eigenvalue weighted by Gasteiger charge is 2.15. The van der Waals surface area contributed by atoms with Crippen molar-refractivity contribution in [3.05, 3.63) is 74.1 Å². The molecule has 1 amide bonds. The average Bonchev–Trinajstić information content (AvgIpc) is 2.76. The van der Waals surface area contributed by atoms with E-state index in [1.54, 1.807) is 37.4 Å². The van der Waals surface area contributed by atoms with Crippen molar-refractivity contribution in [2.75, 3.05) is 13.7 Å². The number of carbonyl (C=O) groups is 1. The Bertz CT molecular complexity index is 1210. The summed E-state index contributed by atoms with van der Waals surface area (Å²) in [5.74, 6) is 0.151. The number of hydrogen-bond acceptors (Lipinski definition) is 7. The lowest BCUT2D eigenvalue weighted by Gasteiger charge is -2.14. The van der Waals surface area contributed by atoms with E-state index in [0.717, 1.165) is 5.56 Å². The zero-order valence-corrected chi connectivity index (χ0v) is 18.8. The molecule has 0 fully saturated rings. The van der Waals surface area contributed by atoms with Crippen LogP contribution in [0.25, 0.3) is 10.9 Å². The number of hydrogen-bond donors (Lipinski definition) is 1. The third-order valence-electron chi connectivity index (χ3n) is 4.61. The molecule has 0 atom stereocenters. The van der Waals surface area contributed by atoms with Crippen LogP contribution in [0.2, 0.25) is 0 Å². The van der Waals surface area contributed by atoms with Gasteiger partial charge in [0.15, 0.2) is 5.16 Å². The second kappa shape index (κ2) is 10.4. The fraction of sp³-hybridized carbons (Fsp3) is 0.318.